The van der Waals surface area contributed by atoms with Crippen LogP contribution in [0, 0.1) is 88.8 Å². The van der Waals surface area contributed by atoms with Gasteiger partial charge in [0.15, 0.2) is 0 Å². The Morgan fingerprint density at radius 1 is 0.179 bits per heavy atom. The van der Waals surface area contributed by atoms with Crippen molar-refractivity contribution in [2.24, 2.45) is 29.6 Å². The maximum absolute atomic E-state index is 5.77. The second kappa shape index (κ2) is 64.4. The van der Waals surface area contributed by atoms with Crippen LogP contribution in [0.5, 0.6) is 28.7 Å². The molecule has 5 fully saturated rings. The molecular formula is C135H170O5. The molecule has 15 rings (SSSR count). The van der Waals surface area contributed by atoms with Crippen molar-refractivity contribution < 1.29 is 23.7 Å². The van der Waals surface area contributed by atoms with Gasteiger partial charge in [0.2, 0.25) is 0 Å². The lowest BCUT2D eigenvalue weighted by molar-refractivity contribution is 0.304. The monoisotopic (exact) mass is 1870 g/mol. The Morgan fingerprint density at radius 3 is 0.543 bits per heavy atom. The van der Waals surface area contributed by atoms with Gasteiger partial charge in [-0.15, -0.1) is 0 Å². The van der Waals surface area contributed by atoms with Crippen molar-refractivity contribution in [1.82, 2.24) is 0 Å². The lowest BCUT2D eigenvalue weighted by Gasteiger charge is -2.28. The third-order valence-electron chi connectivity index (χ3n) is 29.8. The van der Waals surface area contributed by atoms with Crippen molar-refractivity contribution in [2.75, 3.05) is 33.5 Å². The van der Waals surface area contributed by atoms with Crippen molar-refractivity contribution in [3.05, 3.63) is 326 Å². The van der Waals surface area contributed by atoms with E-state index in [0.29, 0.717) is 6.61 Å². The van der Waals surface area contributed by atoms with Gasteiger partial charge in [-0.25, -0.2) is 0 Å². The molecule has 0 amide bonds. The summed E-state index contributed by atoms with van der Waals surface area (Å²) in [5.74, 6) is 45.9. The summed E-state index contributed by atoms with van der Waals surface area (Å²) in [6.07, 6.45) is 55.3. The van der Waals surface area contributed by atoms with Gasteiger partial charge >= 0.3 is 0 Å². The van der Waals surface area contributed by atoms with Gasteiger partial charge in [-0.2, -0.15) is 0 Å². The largest absolute Gasteiger partial charge is 0.497 e. The first-order valence-corrected chi connectivity index (χ1v) is 55.6. The summed E-state index contributed by atoms with van der Waals surface area (Å²) >= 11 is 0. The molecule has 0 bridgehead atoms. The van der Waals surface area contributed by atoms with E-state index < -0.39 is 0 Å². The Kier molecular flexibility index (Phi) is 50.3. The predicted octanol–water partition coefficient (Wildman–Crippen LogP) is 36.7. The van der Waals surface area contributed by atoms with Gasteiger partial charge in [0.05, 0.1) is 33.5 Å². The van der Waals surface area contributed by atoms with E-state index >= 15 is 0 Å². The number of rotatable bonds is 35. The molecule has 5 aliphatic rings. The van der Waals surface area contributed by atoms with Crippen LogP contribution in [0.15, 0.2) is 243 Å². The summed E-state index contributed by atoms with van der Waals surface area (Å²) < 4.78 is 27.8. The van der Waals surface area contributed by atoms with Gasteiger partial charge in [-0.1, -0.05) is 291 Å². The molecule has 0 N–H and O–H groups in total. The molecule has 0 spiro atoms. The maximum Gasteiger partial charge on any atom is 0.119 e. The van der Waals surface area contributed by atoms with Gasteiger partial charge in [0.25, 0.3) is 0 Å². The van der Waals surface area contributed by atoms with Crippen molar-refractivity contribution in [3.63, 3.8) is 0 Å². The Hall–Kier alpha value is -11.0. The lowest BCUT2D eigenvalue weighted by Crippen LogP contribution is -2.13. The quantitative estimate of drug-likeness (QED) is 0.0293. The van der Waals surface area contributed by atoms with Gasteiger partial charge in [0, 0.05) is 55.6 Å². The molecule has 5 saturated carbocycles. The molecule has 0 saturated heterocycles. The highest BCUT2D eigenvalue weighted by Gasteiger charge is 2.27. The molecule has 0 radical (unpaired) electrons. The van der Waals surface area contributed by atoms with E-state index in [1.807, 2.05) is 128 Å². The summed E-state index contributed by atoms with van der Waals surface area (Å²) in [6.45, 7) is 23.0. The van der Waals surface area contributed by atoms with Gasteiger partial charge < -0.3 is 23.7 Å². The highest BCUT2D eigenvalue weighted by molar-refractivity contribution is 5.51. The summed E-state index contributed by atoms with van der Waals surface area (Å²) in [5, 5.41) is 0. The average Bonchev–Trinajstić information content (AvgIpc) is 0.861. The molecule has 0 atom stereocenters. The molecule has 5 nitrogen and oxygen atoms in total. The fourth-order valence-electron chi connectivity index (χ4n) is 20.8. The van der Waals surface area contributed by atoms with Crippen LogP contribution >= 0.6 is 0 Å². The number of hydrogen-bond donors (Lipinski definition) is 0. The second-order valence-corrected chi connectivity index (χ2v) is 40.5. The SMILES string of the molecule is CCCCCOc1ccc(C#Cc2ccc([C@H]3CC[C@H](CCCC)CC3)cc2)cc1.CCCCOc1ccc(C#Cc2ccc([C@H]3CC[C@H](CCCC)CC3)cc2)cc1.CCCC[C@H]1CC[C@H](c2ccc(C#Cc3ccc(OC)cc3)cc2)CC1.CCCC[C@H]1CC[C@H](c2ccc(C#Cc3ccc(OCC)cc3)cc2)CC1.CCCC[C@H]1CC[C@H](c2ccc(C#Cc3ccc(OCCC)cc3)cc2)CC1. The smallest absolute Gasteiger partial charge is 0.119 e. The molecular weight excluding hydrogens is 1700 g/mol. The minimum absolute atomic E-state index is 0.692. The van der Waals surface area contributed by atoms with Crippen LogP contribution < -0.4 is 23.7 Å². The van der Waals surface area contributed by atoms with Gasteiger partial charge in [-0.05, 0) is 424 Å². The maximum atomic E-state index is 5.77. The third kappa shape index (κ3) is 40.2. The number of methoxy groups -OCH3 is 1. The zero-order valence-corrected chi connectivity index (χ0v) is 87.7. The van der Waals surface area contributed by atoms with E-state index in [2.05, 4.69) is 236 Å². The number of ether oxygens (including phenoxy) is 5. The zero-order valence-electron chi connectivity index (χ0n) is 87.7. The first-order valence-electron chi connectivity index (χ1n) is 55.6. The molecule has 5 heteroatoms. The van der Waals surface area contributed by atoms with E-state index in [9.17, 15) is 0 Å². The summed E-state index contributed by atoms with van der Waals surface area (Å²) in [5.41, 5.74) is 18.1. The molecule has 140 heavy (non-hydrogen) atoms. The zero-order chi connectivity index (χ0) is 98.0. The van der Waals surface area contributed by atoms with Gasteiger partial charge in [-0.3, -0.25) is 0 Å². The van der Waals surface area contributed by atoms with Crippen molar-refractivity contribution in [3.8, 4) is 88.0 Å². The summed E-state index contributed by atoms with van der Waals surface area (Å²) in [7, 11) is 1.68. The van der Waals surface area contributed by atoms with Crippen LogP contribution in [0.4, 0.5) is 0 Å². The number of benzene rings is 10. The van der Waals surface area contributed by atoms with Gasteiger partial charge in [0.1, 0.15) is 28.7 Å². The average molecular weight is 1870 g/mol. The molecule has 10 aromatic rings. The Bertz CT molecular complexity index is 5350. The molecule has 0 heterocycles. The van der Waals surface area contributed by atoms with Crippen LogP contribution in [0.25, 0.3) is 0 Å². The second-order valence-electron chi connectivity index (χ2n) is 40.5. The van der Waals surface area contributed by atoms with Crippen LogP contribution in [-0.4, -0.2) is 33.5 Å². The third-order valence-corrected chi connectivity index (χ3v) is 29.8. The fraction of sp³-hybridized carbons (Fsp3) is 0.481. The van der Waals surface area contributed by atoms with Crippen molar-refractivity contribution >= 4 is 0 Å². The topological polar surface area (TPSA) is 46.2 Å². The van der Waals surface area contributed by atoms with E-state index in [4.69, 9.17) is 23.7 Å². The van der Waals surface area contributed by atoms with E-state index in [1.54, 1.807) is 7.11 Å². The first kappa shape index (κ1) is 109. The lowest BCUT2D eigenvalue weighted by atomic mass is 9.77. The van der Waals surface area contributed by atoms with Crippen molar-refractivity contribution in [2.45, 2.75) is 355 Å². The summed E-state index contributed by atoms with van der Waals surface area (Å²) in [6, 6.07) is 85.0. The molecule has 0 aromatic heterocycles. The van der Waals surface area contributed by atoms with Crippen LogP contribution in [0.3, 0.4) is 0 Å². The molecule has 0 aliphatic heterocycles. The fourth-order valence-corrected chi connectivity index (χ4v) is 20.8. The molecule has 5 aliphatic carbocycles. The minimum atomic E-state index is 0.692. The van der Waals surface area contributed by atoms with Crippen LogP contribution in [0.2, 0.25) is 0 Å². The van der Waals surface area contributed by atoms with E-state index in [0.717, 1.165) is 189 Å². The van der Waals surface area contributed by atoms with Crippen LogP contribution in [0.1, 0.15) is 439 Å². The van der Waals surface area contributed by atoms with Crippen LogP contribution in [-0.2, 0) is 0 Å². The normalized spacial score (nSPS) is 18.9. The molecule has 10 aromatic carbocycles. The molecule has 740 valence electrons. The predicted molar refractivity (Wildman–Crippen MR) is 594 cm³/mol. The highest BCUT2D eigenvalue weighted by Crippen LogP contribution is 2.43. The number of hydrogen-bond acceptors (Lipinski definition) is 5. The Labute approximate surface area is 850 Å². The molecule has 0 unspecified atom stereocenters. The standard InChI is InChI=1S/C29H38O.C28H36O.C27H34O.C26H32O.C25H30O/c1-3-5-7-23-30-29-21-15-26(16-22-29)10-9-25-13-19-28(20-14-25)27-17-11-24(12-18-27)8-6-4-2;1-3-5-7-23-10-16-26(17-11-23)27-18-12-24(13-19-27)8-9-25-14-20-28(21-15-25)29-22-6-4-2;1-3-5-6-22-9-15-25(16-10-22)26-17-11-23(12-18-26)7-8-24-13-19-27(20-14-24)28-21-4-2;1-3-5-6-21-9-15-24(16-10-21)25-17-11-22(12-18-25)7-8-23-13-19-26(20-14-23)27-4-2;1-3-4-5-20-8-14-23(15-9-20)24-16-10-21(11-17-24)6-7-22-12-18-25(26-2)19-13-22/h13-16,19-22,24,27H,3-8,11-12,17-18,23H2,1-2H3;12-15,18-21,23,26H,3-7,10-11,16-17,22H2,1-2H3;11-14,17-20,22,25H,3-6,9-10,15-16,21H2,1-2H3;11-14,17-21,24H,3-6,9-10,15-16H2,1-2H3;10-13,16-20,23H,3-5,8-9,14-15H2,1-2H3/t24-,27-;23-,26-;22-,25-;21-,24-;20-,23-. The Balaban J connectivity index is 0.000000168. The van der Waals surface area contributed by atoms with E-state index in [-0.39, 0.29) is 0 Å². The highest BCUT2D eigenvalue weighted by atomic mass is 16.5. The first-order chi connectivity index (χ1) is 68.9. The van der Waals surface area contributed by atoms with E-state index in [1.165, 1.54) is 265 Å². The minimum Gasteiger partial charge on any atom is -0.497 e. The number of unbranched alkanes of at least 4 members (excludes halogenated alkanes) is 8. The van der Waals surface area contributed by atoms with Crippen molar-refractivity contribution in [1.29, 1.82) is 0 Å². The summed E-state index contributed by atoms with van der Waals surface area (Å²) in [4.78, 5) is 0. The Morgan fingerprint density at radius 2 is 0.357 bits per heavy atom.